The highest BCUT2D eigenvalue weighted by Gasteiger charge is 2.31. The molecule has 1 heterocycles. The highest BCUT2D eigenvalue weighted by Crippen LogP contribution is 2.27. The van der Waals surface area contributed by atoms with Crippen molar-refractivity contribution in [3.63, 3.8) is 0 Å². The summed E-state index contributed by atoms with van der Waals surface area (Å²) in [5, 5.41) is 14.5. The number of hydrogen-bond donors (Lipinski definition) is 1. The van der Waals surface area contributed by atoms with Gasteiger partial charge >= 0.3 is 0 Å². The van der Waals surface area contributed by atoms with Gasteiger partial charge in [0.2, 0.25) is 0 Å². The largest absolute Gasteiger partial charge is 0.385 e. The number of methoxy groups -OCH3 is 2. The van der Waals surface area contributed by atoms with Crippen LogP contribution in [0.3, 0.4) is 0 Å². The van der Waals surface area contributed by atoms with Crippen LogP contribution in [0.4, 0.5) is 0 Å². The Morgan fingerprint density at radius 3 is 2.76 bits per heavy atom. The summed E-state index contributed by atoms with van der Waals surface area (Å²) in [4.78, 5) is 0. The van der Waals surface area contributed by atoms with Crippen molar-refractivity contribution < 1.29 is 14.6 Å². The first-order chi connectivity index (χ1) is 8.03. The Morgan fingerprint density at radius 2 is 2.18 bits per heavy atom. The zero-order chi connectivity index (χ0) is 12.9. The fourth-order valence-corrected chi connectivity index (χ4v) is 1.59. The third kappa shape index (κ3) is 3.52. The van der Waals surface area contributed by atoms with Crippen LogP contribution in [0.1, 0.15) is 32.1 Å². The van der Waals surface area contributed by atoms with Gasteiger partial charge in [-0.25, -0.2) is 0 Å². The van der Waals surface area contributed by atoms with Crippen molar-refractivity contribution >= 4 is 0 Å². The van der Waals surface area contributed by atoms with E-state index in [2.05, 4.69) is 5.10 Å². The molecule has 0 aliphatic carbocycles. The lowest BCUT2D eigenvalue weighted by Gasteiger charge is -2.29. The standard InChI is InChI=1S/C12H22N2O3/c1-12(2,17-4)11(15)10-6-7-13-14(10)8-5-9-16-3/h6-7,11,15H,5,8-9H2,1-4H3. The Bertz CT molecular complexity index is 336. The molecule has 1 atom stereocenters. The summed E-state index contributed by atoms with van der Waals surface area (Å²) in [6.45, 7) is 5.12. The van der Waals surface area contributed by atoms with Crippen molar-refractivity contribution in [2.75, 3.05) is 20.8 Å². The summed E-state index contributed by atoms with van der Waals surface area (Å²) in [6.07, 6.45) is 1.86. The smallest absolute Gasteiger partial charge is 0.124 e. The molecular weight excluding hydrogens is 220 g/mol. The molecule has 5 heteroatoms. The van der Waals surface area contributed by atoms with E-state index in [1.807, 2.05) is 19.9 Å². The summed E-state index contributed by atoms with van der Waals surface area (Å²) in [6, 6.07) is 1.82. The first-order valence-electron chi connectivity index (χ1n) is 5.76. The van der Waals surface area contributed by atoms with Crippen LogP contribution < -0.4 is 0 Å². The van der Waals surface area contributed by atoms with Gasteiger partial charge in [-0.1, -0.05) is 0 Å². The van der Waals surface area contributed by atoms with E-state index in [4.69, 9.17) is 9.47 Å². The van der Waals surface area contributed by atoms with E-state index in [0.717, 1.165) is 18.7 Å². The molecule has 0 amide bonds. The van der Waals surface area contributed by atoms with Gasteiger partial charge in [0.25, 0.3) is 0 Å². The van der Waals surface area contributed by atoms with Gasteiger partial charge in [-0.05, 0) is 26.3 Å². The van der Waals surface area contributed by atoms with Crippen molar-refractivity contribution in [3.8, 4) is 0 Å². The van der Waals surface area contributed by atoms with E-state index in [1.54, 1.807) is 25.1 Å². The van der Waals surface area contributed by atoms with Gasteiger partial charge in [-0.3, -0.25) is 4.68 Å². The highest BCUT2D eigenvalue weighted by atomic mass is 16.5. The molecule has 1 aromatic rings. The van der Waals surface area contributed by atoms with Gasteiger partial charge < -0.3 is 14.6 Å². The first kappa shape index (κ1) is 14.2. The van der Waals surface area contributed by atoms with Gasteiger partial charge in [0.15, 0.2) is 0 Å². The average Bonchev–Trinajstić information content (AvgIpc) is 2.76. The van der Waals surface area contributed by atoms with Crippen molar-refractivity contribution in [1.82, 2.24) is 9.78 Å². The molecule has 0 aliphatic heterocycles. The quantitative estimate of drug-likeness (QED) is 0.734. The Kier molecular flexibility index (Phi) is 5.11. The van der Waals surface area contributed by atoms with E-state index in [-0.39, 0.29) is 0 Å². The van der Waals surface area contributed by atoms with Gasteiger partial charge in [0, 0.05) is 33.6 Å². The lowest BCUT2D eigenvalue weighted by Crippen LogP contribution is -2.33. The number of aliphatic hydroxyl groups excluding tert-OH is 1. The summed E-state index contributed by atoms with van der Waals surface area (Å²) in [5.74, 6) is 0. The topological polar surface area (TPSA) is 56.5 Å². The Hall–Kier alpha value is -0.910. The molecule has 1 N–H and O–H groups in total. The Balaban J connectivity index is 2.74. The first-order valence-corrected chi connectivity index (χ1v) is 5.76. The molecular formula is C12H22N2O3. The minimum absolute atomic E-state index is 0.626. The molecule has 0 saturated heterocycles. The molecule has 0 radical (unpaired) electrons. The molecule has 0 aliphatic rings. The van der Waals surface area contributed by atoms with Crippen LogP contribution in [0, 0.1) is 0 Å². The van der Waals surface area contributed by atoms with E-state index < -0.39 is 11.7 Å². The second kappa shape index (κ2) is 6.14. The second-order valence-corrected chi connectivity index (χ2v) is 4.54. The van der Waals surface area contributed by atoms with Crippen molar-refractivity contribution in [1.29, 1.82) is 0 Å². The Labute approximate surface area is 102 Å². The summed E-state index contributed by atoms with van der Waals surface area (Å²) in [7, 11) is 3.27. The van der Waals surface area contributed by atoms with Crippen LogP contribution in [0.5, 0.6) is 0 Å². The van der Waals surface area contributed by atoms with Crippen LogP contribution in [0.25, 0.3) is 0 Å². The minimum Gasteiger partial charge on any atom is -0.385 e. The molecule has 1 aromatic heterocycles. The number of aryl methyl sites for hydroxylation is 1. The molecule has 0 fully saturated rings. The lowest BCUT2D eigenvalue weighted by molar-refractivity contribution is -0.0827. The molecule has 0 bridgehead atoms. The van der Waals surface area contributed by atoms with E-state index in [1.165, 1.54) is 0 Å². The van der Waals surface area contributed by atoms with Crippen molar-refractivity contribution in [2.24, 2.45) is 0 Å². The zero-order valence-corrected chi connectivity index (χ0v) is 11.0. The van der Waals surface area contributed by atoms with Crippen molar-refractivity contribution in [2.45, 2.75) is 38.5 Å². The molecule has 0 saturated carbocycles. The van der Waals surface area contributed by atoms with Gasteiger partial charge in [0.05, 0.1) is 11.3 Å². The maximum atomic E-state index is 10.3. The number of ether oxygens (including phenoxy) is 2. The van der Waals surface area contributed by atoms with E-state index in [9.17, 15) is 5.11 Å². The molecule has 98 valence electrons. The zero-order valence-electron chi connectivity index (χ0n) is 11.0. The number of aromatic nitrogens is 2. The fraction of sp³-hybridized carbons (Fsp3) is 0.750. The number of aliphatic hydroxyl groups is 1. The fourth-order valence-electron chi connectivity index (χ4n) is 1.59. The van der Waals surface area contributed by atoms with Gasteiger partial charge in [-0.15, -0.1) is 0 Å². The molecule has 5 nitrogen and oxygen atoms in total. The molecule has 1 rings (SSSR count). The maximum absolute atomic E-state index is 10.3. The number of rotatable bonds is 7. The third-order valence-electron chi connectivity index (χ3n) is 2.93. The molecule has 0 aromatic carbocycles. The minimum atomic E-state index is -0.697. The van der Waals surface area contributed by atoms with E-state index >= 15 is 0 Å². The molecule has 17 heavy (non-hydrogen) atoms. The number of nitrogens with zero attached hydrogens (tertiary/aromatic N) is 2. The van der Waals surface area contributed by atoms with E-state index in [0.29, 0.717) is 6.61 Å². The molecule has 0 spiro atoms. The predicted molar refractivity (Wildman–Crippen MR) is 64.8 cm³/mol. The summed E-state index contributed by atoms with van der Waals surface area (Å²) < 4.78 is 12.1. The number of hydrogen-bond acceptors (Lipinski definition) is 4. The molecule has 1 unspecified atom stereocenters. The Morgan fingerprint density at radius 1 is 1.47 bits per heavy atom. The van der Waals surface area contributed by atoms with Crippen LogP contribution in [-0.2, 0) is 16.0 Å². The predicted octanol–water partition coefficient (Wildman–Crippen LogP) is 1.38. The SMILES string of the molecule is COCCCn1nccc1C(O)C(C)(C)OC. The van der Waals surface area contributed by atoms with Crippen LogP contribution in [0.15, 0.2) is 12.3 Å². The van der Waals surface area contributed by atoms with Crippen LogP contribution >= 0.6 is 0 Å². The monoisotopic (exact) mass is 242 g/mol. The van der Waals surface area contributed by atoms with Crippen molar-refractivity contribution in [3.05, 3.63) is 18.0 Å². The van der Waals surface area contributed by atoms with Gasteiger partial charge in [0.1, 0.15) is 6.10 Å². The summed E-state index contributed by atoms with van der Waals surface area (Å²) >= 11 is 0. The lowest BCUT2D eigenvalue weighted by atomic mass is 9.98. The highest BCUT2D eigenvalue weighted by molar-refractivity contribution is 5.09. The second-order valence-electron chi connectivity index (χ2n) is 4.54. The third-order valence-corrected chi connectivity index (χ3v) is 2.93. The normalized spacial score (nSPS) is 13.9. The van der Waals surface area contributed by atoms with Crippen LogP contribution in [-0.4, -0.2) is 41.3 Å². The average molecular weight is 242 g/mol. The maximum Gasteiger partial charge on any atom is 0.124 e. The van der Waals surface area contributed by atoms with Gasteiger partial charge in [-0.2, -0.15) is 5.10 Å². The summed E-state index contributed by atoms with van der Waals surface area (Å²) in [5.41, 5.74) is 0.145. The van der Waals surface area contributed by atoms with Crippen LogP contribution in [0.2, 0.25) is 0 Å².